The highest BCUT2D eigenvalue weighted by molar-refractivity contribution is 6.74. The summed E-state index contributed by atoms with van der Waals surface area (Å²) in [5.74, 6) is 0. The summed E-state index contributed by atoms with van der Waals surface area (Å²) < 4.78 is 7.69. The van der Waals surface area contributed by atoms with Crippen molar-refractivity contribution in [2.75, 3.05) is 6.61 Å². The van der Waals surface area contributed by atoms with Crippen LogP contribution in [-0.2, 0) is 11.0 Å². The Morgan fingerprint density at radius 1 is 1.39 bits per heavy atom. The molecule has 0 bridgehead atoms. The third-order valence-electron chi connectivity index (χ3n) is 3.54. The third-order valence-corrected chi connectivity index (χ3v) is 8.08. The topological polar surface area (TPSA) is 67.5 Å². The van der Waals surface area contributed by atoms with Crippen LogP contribution in [0.3, 0.4) is 0 Å². The van der Waals surface area contributed by atoms with Gasteiger partial charge in [-0.2, -0.15) is 5.10 Å². The molecule has 0 radical (unpaired) electrons. The van der Waals surface area contributed by atoms with Crippen LogP contribution < -0.4 is 5.46 Å². The fourth-order valence-corrected chi connectivity index (χ4v) is 2.28. The highest BCUT2D eigenvalue weighted by Gasteiger charge is 2.36. The molecule has 7 heteroatoms. The number of hydrogen-bond donors (Lipinski definition) is 2. The van der Waals surface area contributed by atoms with Gasteiger partial charge in [0.05, 0.1) is 13.2 Å². The van der Waals surface area contributed by atoms with Crippen LogP contribution in [-0.4, -0.2) is 41.9 Å². The minimum absolute atomic E-state index is 0.198. The Morgan fingerprint density at radius 2 is 2.00 bits per heavy atom. The second-order valence-electron chi connectivity index (χ2n) is 6.02. The van der Waals surface area contributed by atoms with Crippen LogP contribution in [0.4, 0.5) is 0 Å². The van der Waals surface area contributed by atoms with Gasteiger partial charge in [0, 0.05) is 17.9 Å². The lowest BCUT2D eigenvalue weighted by Gasteiger charge is -2.36. The van der Waals surface area contributed by atoms with Gasteiger partial charge in [0.15, 0.2) is 8.32 Å². The van der Waals surface area contributed by atoms with Crippen LogP contribution in [0, 0.1) is 0 Å². The molecule has 18 heavy (non-hydrogen) atoms. The van der Waals surface area contributed by atoms with Crippen molar-refractivity contribution in [1.82, 2.24) is 9.78 Å². The van der Waals surface area contributed by atoms with Crippen molar-refractivity contribution in [2.45, 2.75) is 45.4 Å². The first-order valence-corrected chi connectivity index (χ1v) is 9.07. The molecule has 0 aliphatic carbocycles. The molecule has 2 N–H and O–H groups in total. The standard InChI is InChI=1S/C11H23BN2O3Si/c1-11(2,3)18(4,5)17-7-6-14-9-10(8-13-14)12(15)16/h8-9,15-16H,6-7H2,1-5H3. The van der Waals surface area contributed by atoms with E-state index in [9.17, 15) is 0 Å². The van der Waals surface area contributed by atoms with Crippen molar-refractivity contribution in [3.63, 3.8) is 0 Å². The Kier molecular flexibility index (Phi) is 4.77. The van der Waals surface area contributed by atoms with Crippen molar-refractivity contribution in [1.29, 1.82) is 0 Å². The summed E-state index contributed by atoms with van der Waals surface area (Å²) in [5, 5.41) is 22.2. The van der Waals surface area contributed by atoms with E-state index in [0.717, 1.165) is 0 Å². The zero-order valence-electron chi connectivity index (χ0n) is 11.8. The highest BCUT2D eigenvalue weighted by atomic mass is 28.4. The van der Waals surface area contributed by atoms with Gasteiger partial charge in [-0.15, -0.1) is 0 Å². The van der Waals surface area contributed by atoms with Crippen LogP contribution in [0.1, 0.15) is 20.8 Å². The number of rotatable bonds is 5. The predicted octanol–water partition coefficient (Wildman–Crippen LogP) is 0.585. The van der Waals surface area contributed by atoms with Crippen molar-refractivity contribution in [2.24, 2.45) is 0 Å². The lowest BCUT2D eigenvalue weighted by Crippen LogP contribution is -2.41. The minimum atomic E-state index is -1.71. The van der Waals surface area contributed by atoms with Gasteiger partial charge in [-0.25, -0.2) is 0 Å². The summed E-state index contributed by atoms with van der Waals surface area (Å²) in [6, 6.07) is 0. The molecule has 0 amide bonds. The van der Waals surface area contributed by atoms with Gasteiger partial charge < -0.3 is 14.5 Å². The minimum Gasteiger partial charge on any atom is -0.423 e. The molecule has 0 spiro atoms. The first-order chi connectivity index (χ1) is 8.13. The molecule has 0 fully saturated rings. The van der Waals surface area contributed by atoms with E-state index in [0.29, 0.717) is 18.6 Å². The largest absolute Gasteiger partial charge is 0.491 e. The molecular weight excluding hydrogens is 247 g/mol. The maximum Gasteiger partial charge on any atom is 0.491 e. The summed E-state index contributed by atoms with van der Waals surface area (Å²) in [6.45, 7) is 12.2. The number of nitrogens with zero attached hydrogens (tertiary/aromatic N) is 2. The highest BCUT2D eigenvalue weighted by Crippen LogP contribution is 2.36. The summed E-state index contributed by atoms with van der Waals surface area (Å²) in [7, 11) is -3.17. The van der Waals surface area contributed by atoms with Crippen molar-refractivity contribution >= 4 is 20.9 Å². The molecule has 1 rings (SSSR count). The normalized spacial score (nSPS) is 12.8. The lowest BCUT2D eigenvalue weighted by atomic mass is 9.83. The van der Waals surface area contributed by atoms with E-state index >= 15 is 0 Å². The zero-order valence-corrected chi connectivity index (χ0v) is 12.8. The Bertz CT molecular complexity index is 388. The molecule has 0 aliphatic rings. The van der Waals surface area contributed by atoms with E-state index in [4.69, 9.17) is 14.5 Å². The van der Waals surface area contributed by atoms with E-state index in [-0.39, 0.29) is 5.04 Å². The van der Waals surface area contributed by atoms with Crippen molar-refractivity contribution in [3.05, 3.63) is 12.4 Å². The monoisotopic (exact) mass is 270 g/mol. The van der Waals surface area contributed by atoms with Gasteiger partial charge in [-0.3, -0.25) is 4.68 Å². The predicted molar refractivity (Wildman–Crippen MR) is 75.2 cm³/mol. The molecule has 0 atom stereocenters. The van der Waals surface area contributed by atoms with Crippen LogP contribution in [0.5, 0.6) is 0 Å². The van der Waals surface area contributed by atoms with Gasteiger partial charge in [-0.1, -0.05) is 20.8 Å². The molecule has 1 aromatic rings. The smallest absolute Gasteiger partial charge is 0.423 e. The SMILES string of the molecule is CC(C)(C)[Si](C)(C)OCCn1cc(B(O)O)cn1. The molecule has 0 saturated heterocycles. The quantitative estimate of drug-likeness (QED) is 0.768. The van der Waals surface area contributed by atoms with Gasteiger partial charge in [0.2, 0.25) is 0 Å². The number of aromatic nitrogens is 2. The fourth-order valence-electron chi connectivity index (χ4n) is 1.25. The number of hydrogen-bond acceptors (Lipinski definition) is 4. The maximum absolute atomic E-state index is 8.98. The molecule has 0 unspecified atom stereocenters. The van der Waals surface area contributed by atoms with E-state index in [1.54, 1.807) is 10.9 Å². The van der Waals surface area contributed by atoms with E-state index in [1.165, 1.54) is 6.20 Å². The Hall–Kier alpha value is -0.628. The average molecular weight is 270 g/mol. The molecular formula is C11H23BN2O3Si. The molecule has 0 saturated carbocycles. The Morgan fingerprint density at radius 3 is 2.44 bits per heavy atom. The second-order valence-corrected chi connectivity index (χ2v) is 10.8. The average Bonchev–Trinajstić information content (AvgIpc) is 2.64. The van der Waals surface area contributed by atoms with E-state index in [1.807, 2.05) is 0 Å². The van der Waals surface area contributed by atoms with Crippen molar-refractivity contribution in [3.8, 4) is 0 Å². The summed E-state index contributed by atoms with van der Waals surface area (Å²) in [5.41, 5.74) is 0.405. The molecule has 5 nitrogen and oxygen atoms in total. The third kappa shape index (κ3) is 3.94. The summed E-state index contributed by atoms with van der Waals surface area (Å²) >= 11 is 0. The summed E-state index contributed by atoms with van der Waals surface area (Å²) in [6.07, 6.45) is 3.08. The molecule has 1 heterocycles. The van der Waals surface area contributed by atoms with Crippen molar-refractivity contribution < 1.29 is 14.5 Å². The van der Waals surface area contributed by atoms with Crippen LogP contribution >= 0.6 is 0 Å². The van der Waals surface area contributed by atoms with Crippen LogP contribution in [0.25, 0.3) is 0 Å². The summed E-state index contributed by atoms with van der Waals surface area (Å²) in [4.78, 5) is 0. The molecule has 0 aromatic carbocycles. The van der Waals surface area contributed by atoms with E-state index < -0.39 is 15.4 Å². The van der Waals surface area contributed by atoms with Gasteiger partial charge in [-0.05, 0) is 18.1 Å². The Balaban J connectivity index is 2.46. The second kappa shape index (κ2) is 5.56. The lowest BCUT2D eigenvalue weighted by molar-refractivity contribution is 0.266. The molecule has 1 aromatic heterocycles. The Labute approximate surface area is 110 Å². The molecule has 102 valence electrons. The van der Waals surface area contributed by atoms with Crippen LogP contribution in [0.15, 0.2) is 12.4 Å². The van der Waals surface area contributed by atoms with E-state index in [2.05, 4.69) is 39.0 Å². The van der Waals surface area contributed by atoms with Crippen LogP contribution in [0.2, 0.25) is 18.1 Å². The first-order valence-electron chi connectivity index (χ1n) is 6.16. The fraction of sp³-hybridized carbons (Fsp3) is 0.727. The van der Waals surface area contributed by atoms with Gasteiger partial charge >= 0.3 is 7.12 Å². The molecule has 0 aliphatic heterocycles. The zero-order chi connectivity index (χ0) is 14.0. The van der Waals surface area contributed by atoms with Gasteiger partial charge in [0.1, 0.15) is 0 Å². The maximum atomic E-state index is 8.98. The first kappa shape index (κ1) is 15.4. The van der Waals surface area contributed by atoms with Gasteiger partial charge in [0.25, 0.3) is 0 Å².